The Morgan fingerprint density at radius 2 is 2.40 bits per heavy atom. The molecule has 2 heterocycles. The standard InChI is InChI=1S/C10H17N3O2/c14-7-3-5-9-12-10(13-15-9)8-4-1-2-6-11-8/h8,11,14H,1-7H2. The van der Waals surface area contributed by atoms with Crippen LogP contribution in [0, 0.1) is 0 Å². The summed E-state index contributed by atoms with van der Waals surface area (Å²) in [4.78, 5) is 4.32. The van der Waals surface area contributed by atoms with Gasteiger partial charge in [-0.05, 0) is 25.8 Å². The Labute approximate surface area is 88.9 Å². The number of hydrogen-bond donors (Lipinski definition) is 2. The first-order valence-electron chi connectivity index (χ1n) is 5.57. The molecule has 0 amide bonds. The van der Waals surface area contributed by atoms with Crippen molar-refractivity contribution >= 4 is 0 Å². The van der Waals surface area contributed by atoms with Crippen molar-refractivity contribution in [3.63, 3.8) is 0 Å². The van der Waals surface area contributed by atoms with E-state index in [0.29, 0.717) is 18.7 Å². The van der Waals surface area contributed by atoms with Crippen LogP contribution in [0.25, 0.3) is 0 Å². The zero-order chi connectivity index (χ0) is 10.5. The van der Waals surface area contributed by atoms with Gasteiger partial charge in [0.25, 0.3) is 0 Å². The Bertz CT molecular complexity index is 295. The van der Waals surface area contributed by atoms with Gasteiger partial charge in [0.05, 0.1) is 6.04 Å². The molecule has 15 heavy (non-hydrogen) atoms. The van der Waals surface area contributed by atoms with Crippen LogP contribution in [0.5, 0.6) is 0 Å². The van der Waals surface area contributed by atoms with Crippen LogP contribution >= 0.6 is 0 Å². The van der Waals surface area contributed by atoms with Gasteiger partial charge in [-0.2, -0.15) is 4.98 Å². The van der Waals surface area contributed by atoms with E-state index in [1.54, 1.807) is 0 Å². The minimum atomic E-state index is 0.166. The highest BCUT2D eigenvalue weighted by Crippen LogP contribution is 2.20. The van der Waals surface area contributed by atoms with Gasteiger partial charge in [-0.1, -0.05) is 11.6 Å². The van der Waals surface area contributed by atoms with Gasteiger partial charge >= 0.3 is 0 Å². The van der Waals surface area contributed by atoms with Gasteiger partial charge < -0.3 is 14.9 Å². The molecule has 1 atom stereocenters. The molecule has 1 aromatic heterocycles. The van der Waals surface area contributed by atoms with Crippen LogP contribution in [-0.4, -0.2) is 28.4 Å². The highest BCUT2D eigenvalue weighted by atomic mass is 16.5. The van der Waals surface area contributed by atoms with Gasteiger partial charge in [-0.3, -0.25) is 0 Å². The lowest BCUT2D eigenvalue weighted by Gasteiger charge is -2.19. The summed E-state index contributed by atoms with van der Waals surface area (Å²) in [6.07, 6.45) is 4.87. The van der Waals surface area contributed by atoms with Crippen molar-refractivity contribution in [3.05, 3.63) is 11.7 Å². The van der Waals surface area contributed by atoms with Crippen LogP contribution < -0.4 is 5.32 Å². The fourth-order valence-corrected chi connectivity index (χ4v) is 1.81. The summed E-state index contributed by atoms with van der Waals surface area (Å²) in [6.45, 7) is 1.20. The van der Waals surface area contributed by atoms with E-state index in [1.807, 2.05) is 0 Å². The summed E-state index contributed by atoms with van der Waals surface area (Å²) >= 11 is 0. The number of rotatable bonds is 4. The third kappa shape index (κ3) is 2.76. The van der Waals surface area contributed by atoms with Gasteiger partial charge in [0, 0.05) is 13.0 Å². The van der Waals surface area contributed by atoms with E-state index in [-0.39, 0.29) is 12.6 Å². The average Bonchev–Trinajstić information content (AvgIpc) is 2.76. The summed E-state index contributed by atoms with van der Waals surface area (Å²) in [6, 6.07) is 0.255. The molecular weight excluding hydrogens is 194 g/mol. The lowest BCUT2D eigenvalue weighted by Crippen LogP contribution is -2.27. The molecule has 0 bridgehead atoms. The Kier molecular flexibility index (Phi) is 3.69. The summed E-state index contributed by atoms with van der Waals surface area (Å²) in [5, 5.41) is 16.0. The van der Waals surface area contributed by atoms with E-state index in [9.17, 15) is 0 Å². The molecule has 5 nitrogen and oxygen atoms in total. The molecule has 1 aliphatic heterocycles. The van der Waals surface area contributed by atoms with Gasteiger partial charge in [0.2, 0.25) is 5.89 Å². The van der Waals surface area contributed by atoms with E-state index in [4.69, 9.17) is 9.63 Å². The van der Waals surface area contributed by atoms with Crippen molar-refractivity contribution in [2.75, 3.05) is 13.2 Å². The number of aliphatic hydroxyl groups excluding tert-OH is 1. The van der Waals surface area contributed by atoms with Gasteiger partial charge in [0.1, 0.15) is 0 Å². The van der Waals surface area contributed by atoms with Crippen molar-refractivity contribution in [1.29, 1.82) is 0 Å². The van der Waals surface area contributed by atoms with Gasteiger partial charge in [-0.25, -0.2) is 0 Å². The lowest BCUT2D eigenvalue weighted by molar-refractivity contribution is 0.278. The molecule has 2 rings (SSSR count). The number of aliphatic hydroxyl groups is 1. The normalized spacial score (nSPS) is 21.8. The van der Waals surface area contributed by atoms with Crippen LogP contribution in [0.4, 0.5) is 0 Å². The molecule has 0 aliphatic carbocycles. The van der Waals surface area contributed by atoms with Crippen molar-refractivity contribution < 1.29 is 9.63 Å². The molecule has 1 aromatic rings. The lowest BCUT2D eigenvalue weighted by atomic mass is 10.0. The molecule has 1 saturated heterocycles. The SMILES string of the molecule is OCCCc1nc(C2CCCCN2)no1. The number of nitrogens with one attached hydrogen (secondary N) is 1. The third-order valence-corrected chi connectivity index (χ3v) is 2.65. The molecule has 1 aliphatic rings. The first-order valence-corrected chi connectivity index (χ1v) is 5.57. The second kappa shape index (κ2) is 5.23. The van der Waals surface area contributed by atoms with Crippen LogP contribution in [0.1, 0.15) is 43.4 Å². The molecule has 0 saturated carbocycles. The predicted molar refractivity (Wildman–Crippen MR) is 54.3 cm³/mol. The van der Waals surface area contributed by atoms with E-state index >= 15 is 0 Å². The van der Waals surface area contributed by atoms with Crippen LogP contribution in [0.15, 0.2) is 4.52 Å². The van der Waals surface area contributed by atoms with E-state index in [0.717, 1.165) is 18.8 Å². The third-order valence-electron chi connectivity index (χ3n) is 2.65. The Morgan fingerprint density at radius 1 is 1.47 bits per heavy atom. The van der Waals surface area contributed by atoms with E-state index in [1.165, 1.54) is 12.8 Å². The first kappa shape index (κ1) is 10.6. The molecule has 1 fully saturated rings. The topological polar surface area (TPSA) is 71.2 Å². The van der Waals surface area contributed by atoms with Crippen LogP contribution in [0.3, 0.4) is 0 Å². The quantitative estimate of drug-likeness (QED) is 0.771. The zero-order valence-electron chi connectivity index (χ0n) is 8.78. The molecule has 1 unspecified atom stereocenters. The highest BCUT2D eigenvalue weighted by Gasteiger charge is 2.19. The maximum absolute atomic E-state index is 8.68. The average molecular weight is 211 g/mol. The van der Waals surface area contributed by atoms with Crippen LogP contribution in [-0.2, 0) is 6.42 Å². The highest BCUT2D eigenvalue weighted by molar-refractivity contribution is 4.95. The second-order valence-corrected chi connectivity index (χ2v) is 3.88. The van der Waals surface area contributed by atoms with E-state index < -0.39 is 0 Å². The largest absolute Gasteiger partial charge is 0.396 e. The monoisotopic (exact) mass is 211 g/mol. The minimum absolute atomic E-state index is 0.166. The molecule has 5 heteroatoms. The minimum Gasteiger partial charge on any atom is -0.396 e. The number of aromatic nitrogens is 2. The number of aryl methyl sites for hydroxylation is 1. The number of hydrogen-bond acceptors (Lipinski definition) is 5. The summed E-state index contributed by atoms with van der Waals surface area (Å²) in [5.41, 5.74) is 0. The molecule has 2 N–H and O–H groups in total. The predicted octanol–water partition coefficient (Wildman–Crippen LogP) is 0.809. The molecule has 0 spiro atoms. The maximum atomic E-state index is 8.68. The molecule has 0 radical (unpaired) electrons. The Hall–Kier alpha value is -0.940. The number of piperidine rings is 1. The Balaban J connectivity index is 1.93. The van der Waals surface area contributed by atoms with Crippen molar-refractivity contribution in [3.8, 4) is 0 Å². The van der Waals surface area contributed by atoms with Gasteiger partial charge in [-0.15, -0.1) is 0 Å². The summed E-state index contributed by atoms with van der Waals surface area (Å²) < 4.78 is 5.11. The summed E-state index contributed by atoms with van der Waals surface area (Å²) in [7, 11) is 0. The van der Waals surface area contributed by atoms with Crippen molar-refractivity contribution in [2.45, 2.75) is 38.1 Å². The fraction of sp³-hybridized carbons (Fsp3) is 0.800. The maximum Gasteiger partial charge on any atom is 0.226 e. The second-order valence-electron chi connectivity index (χ2n) is 3.88. The van der Waals surface area contributed by atoms with Crippen LogP contribution in [0.2, 0.25) is 0 Å². The van der Waals surface area contributed by atoms with Crippen molar-refractivity contribution in [1.82, 2.24) is 15.5 Å². The summed E-state index contributed by atoms with van der Waals surface area (Å²) in [5.74, 6) is 1.40. The Morgan fingerprint density at radius 3 is 3.13 bits per heavy atom. The molecule has 0 aromatic carbocycles. The molecular formula is C10H17N3O2. The van der Waals surface area contributed by atoms with E-state index in [2.05, 4.69) is 15.5 Å². The van der Waals surface area contributed by atoms with Crippen molar-refractivity contribution in [2.24, 2.45) is 0 Å². The first-order chi connectivity index (χ1) is 7.40. The van der Waals surface area contributed by atoms with Gasteiger partial charge in [0.15, 0.2) is 5.82 Å². The smallest absolute Gasteiger partial charge is 0.226 e. The number of nitrogens with zero attached hydrogens (tertiary/aromatic N) is 2. The molecule has 84 valence electrons. The zero-order valence-corrected chi connectivity index (χ0v) is 8.78. The fourth-order valence-electron chi connectivity index (χ4n) is 1.81.